The van der Waals surface area contributed by atoms with Crippen molar-refractivity contribution in [2.75, 3.05) is 46.4 Å². The van der Waals surface area contributed by atoms with Crippen LogP contribution in [0.15, 0.2) is 30.3 Å². The van der Waals surface area contributed by atoms with Gasteiger partial charge in [-0.3, -0.25) is 14.6 Å². The van der Waals surface area contributed by atoms with Gasteiger partial charge in [-0.15, -0.1) is 0 Å². The molecule has 1 heterocycles. The molecule has 0 aromatic heterocycles. The van der Waals surface area contributed by atoms with Crippen LogP contribution in [0.5, 0.6) is 0 Å². The molecule has 128 valence electrons. The minimum Gasteiger partial charge on any atom is -0.480 e. The minimum atomic E-state index is -0.796. The Morgan fingerprint density at radius 2 is 2.17 bits per heavy atom. The zero-order valence-corrected chi connectivity index (χ0v) is 14.1. The standard InChI is InChI=1S/C18H28N2O3/c1-3-15(16-7-5-4-6-8-16)11-20-9-10-23-17(13-20)12-19(2)14-18(21)22/h4-8,15,17H,3,9-14H2,1-2H3,(H,21,22). The average molecular weight is 320 g/mol. The van der Waals surface area contributed by atoms with Crippen molar-refractivity contribution in [1.82, 2.24) is 9.80 Å². The summed E-state index contributed by atoms with van der Waals surface area (Å²) in [5, 5.41) is 8.85. The molecular weight excluding hydrogens is 292 g/mol. The van der Waals surface area contributed by atoms with Crippen molar-refractivity contribution in [3.63, 3.8) is 0 Å². The molecule has 0 amide bonds. The Morgan fingerprint density at radius 3 is 2.83 bits per heavy atom. The summed E-state index contributed by atoms with van der Waals surface area (Å²) >= 11 is 0. The second-order valence-electron chi connectivity index (χ2n) is 6.36. The van der Waals surface area contributed by atoms with Crippen LogP contribution in [0.25, 0.3) is 0 Å². The highest BCUT2D eigenvalue weighted by atomic mass is 16.5. The second kappa shape index (κ2) is 9.01. The lowest BCUT2D eigenvalue weighted by Crippen LogP contribution is -2.48. The van der Waals surface area contributed by atoms with Gasteiger partial charge in [-0.05, 0) is 24.9 Å². The first-order chi connectivity index (χ1) is 11.1. The van der Waals surface area contributed by atoms with Crippen LogP contribution in [0, 0.1) is 0 Å². The van der Waals surface area contributed by atoms with Gasteiger partial charge in [0.25, 0.3) is 0 Å². The number of benzene rings is 1. The van der Waals surface area contributed by atoms with Gasteiger partial charge in [-0.25, -0.2) is 0 Å². The summed E-state index contributed by atoms with van der Waals surface area (Å²) in [6, 6.07) is 10.7. The first kappa shape index (κ1) is 17.9. The van der Waals surface area contributed by atoms with E-state index in [-0.39, 0.29) is 12.6 Å². The Morgan fingerprint density at radius 1 is 1.43 bits per heavy atom. The van der Waals surface area contributed by atoms with Crippen LogP contribution in [-0.2, 0) is 9.53 Å². The Bertz CT molecular complexity index is 480. The lowest BCUT2D eigenvalue weighted by molar-refractivity contribution is -0.138. The highest BCUT2D eigenvalue weighted by Crippen LogP contribution is 2.21. The number of aliphatic carboxylic acids is 1. The number of carbonyl (C=O) groups is 1. The monoisotopic (exact) mass is 320 g/mol. The van der Waals surface area contributed by atoms with E-state index in [1.807, 2.05) is 11.9 Å². The van der Waals surface area contributed by atoms with Gasteiger partial charge >= 0.3 is 5.97 Å². The molecule has 1 fully saturated rings. The maximum atomic E-state index is 10.8. The normalized spacial score (nSPS) is 20.6. The molecule has 5 nitrogen and oxygen atoms in total. The van der Waals surface area contributed by atoms with E-state index in [9.17, 15) is 4.79 Å². The number of ether oxygens (including phenoxy) is 1. The van der Waals surface area contributed by atoms with Crippen molar-refractivity contribution in [3.8, 4) is 0 Å². The molecule has 2 atom stereocenters. The number of hydrogen-bond acceptors (Lipinski definition) is 4. The molecule has 1 N–H and O–H groups in total. The van der Waals surface area contributed by atoms with Crippen LogP contribution in [0.3, 0.4) is 0 Å². The quantitative estimate of drug-likeness (QED) is 0.793. The van der Waals surface area contributed by atoms with E-state index in [1.165, 1.54) is 5.56 Å². The molecule has 1 saturated heterocycles. The molecule has 1 aromatic rings. The van der Waals surface area contributed by atoms with Gasteiger partial charge in [0.15, 0.2) is 0 Å². The SMILES string of the molecule is CCC(CN1CCOC(CN(C)CC(=O)O)C1)c1ccccc1. The molecule has 1 aliphatic heterocycles. The third-order valence-corrected chi connectivity index (χ3v) is 4.39. The first-order valence-electron chi connectivity index (χ1n) is 8.37. The zero-order chi connectivity index (χ0) is 16.7. The van der Waals surface area contributed by atoms with Crippen molar-refractivity contribution < 1.29 is 14.6 Å². The molecule has 1 aromatic carbocycles. The fourth-order valence-electron chi connectivity index (χ4n) is 3.21. The van der Waals surface area contributed by atoms with E-state index >= 15 is 0 Å². The fourth-order valence-corrected chi connectivity index (χ4v) is 3.21. The van der Waals surface area contributed by atoms with E-state index in [0.717, 1.165) is 32.7 Å². The number of nitrogens with zero attached hydrogens (tertiary/aromatic N) is 2. The molecule has 1 aliphatic rings. The summed E-state index contributed by atoms with van der Waals surface area (Å²) in [5.74, 6) is -0.262. The number of carboxylic acids is 1. The largest absolute Gasteiger partial charge is 0.480 e. The Balaban J connectivity index is 1.86. The summed E-state index contributed by atoms with van der Waals surface area (Å²) in [5.41, 5.74) is 1.39. The molecule has 0 spiro atoms. The summed E-state index contributed by atoms with van der Waals surface area (Å²) in [6.45, 7) is 6.51. The maximum Gasteiger partial charge on any atom is 0.317 e. The van der Waals surface area contributed by atoms with E-state index in [4.69, 9.17) is 9.84 Å². The van der Waals surface area contributed by atoms with Crippen LogP contribution in [0.1, 0.15) is 24.8 Å². The predicted octanol–water partition coefficient (Wildman–Crippen LogP) is 1.90. The maximum absolute atomic E-state index is 10.8. The molecule has 0 saturated carbocycles. The van der Waals surface area contributed by atoms with Crippen LogP contribution in [0.4, 0.5) is 0 Å². The van der Waals surface area contributed by atoms with E-state index in [0.29, 0.717) is 12.5 Å². The van der Waals surface area contributed by atoms with Crippen molar-refractivity contribution in [1.29, 1.82) is 0 Å². The fraction of sp³-hybridized carbons (Fsp3) is 0.611. The molecular formula is C18H28N2O3. The van der Waals surface area contributed by atoms with Gasteiger partial charge in [0.1, 0.15) is 0 Å². The topological polar surface area (TPSA) is 53.0 Å². The molecule has 23 heavy (non-hydrogen) atoms. The van der Waals surface area contributed by atoms with Gasteiger partial charge in [0.05, 0.1) is 19.3 Å². The third-order valence-electron chi connectivity index (χ3n) is 4.39. The number of rotatable bonds is 8. The summed E-state index contributed by atoms with van der Waals surface area (Å²) in [6.07, 6.45) is 1.20. The Kier molecular flexibility index (Phi) is 7.02. The van der Waals surface area contributed by atoms with Crippen molar-refractivity contribution in [2.24, 2.45) is 0 Å². The average Bonchev–Trinajstić information content (AvgIpc) is 2.53. The number of hydrogen-bond donors (Lipinski definition) is 1. The number of carboxylic acid groups (broad SMARTS) is 1. The summed E-state index contributed by atoms with van der Waals surface area (Å²) < 4.78 is 5.81. The molecule has 0 bridgehead atoms. The van der Waals surface area contributed by atoms with E-state index < -0.39 is 5.97 Å². The molecule has 5 heteroatoms. The summed E-state index contributed by atoms with van der Waals surface area (Å²) in [7, 11) is 1.83. The van der Waals surface area contributed by atoms with Gasteiger partial charge in [-0.2, -0.15) is 0 Å². The minimum absolute atomic E-state index is 0.0570. The first-order valence-corrected chi connectivity index (χ1v) is 8.37. The Labute approximate surface area is 138 Å². The van der Waals surface area contributed by atoms with Crippen molar-refractivity contribution in [3.05, 3.63) is 35.9 Å². The zero-order valence-electron chi connectivity index (χ0n) is 14.1. The molecule has 0 radical (unpaired) electrons. The Hall–Kier alpha value is -1.43. The van der Waals surface area contributed by atoms with Crippen LogP contribution in [-0.4, -0.2) is 73.4 Å². The van der Waals surface area contributed by atoms with Gasteiger partial charge in [0.2, 0.25) is 0 Å². The van der Waals surface area contributed by atoms with Crippen molar-refractivity contribution in [2.45, 2.75) is 25.4 Å². The summed E-state index contributed by atoms with van der Waals surface area (Å²) in [4.78, 5) is 15.0. The van der Waals surface area contributed by atoms with Crippen LogP contribution in [0.2, 0.25) is 0 Å². The second-order valence-corrected chi connectivity index (χ2v) is 6.36. The molecule has 2 unspecified atom stereocenters. The van der Waals surface area contributed by atoms with E-state index in [2.05, 4.69) is 42.2 Å². The number of morpholine rings is 1. The smallest absolute Gasteiger partial charge is 0.317 e. The van der Waals surface area contributed by atoms with Gasteiger partial charge in [-0.1, -0.05) is 37.3 Å². The van der Waals surface area contributed by atoms with Crippen LogP contribution < -0.4 is 0 Å². The highest BCUT2D eigenvalue weighted by molar-refractivity contribution is 5.69. The van der Waals surface area contributed by atoms with Crippen molar-refractivity contribution >= 4 is 5.97 Å². The lowest BCUT2D eigenvalue weighted by atomic mass is 9.95. The molecule has 0 aliphatic carbocycles. The lowest BCUT2D eigenvalue weighted by Gasteiger charge is -2.36. The molecule has 2 rings (SSSR count). The van der Waals surface area contributed by atoms with Gasteiger partial charge < -0.3 is 9.84 Å². The number of likely N-dealkylation sites (N-methyl/N-ethyl adjacent to an activating group) is 1. The third kappa shape index (κ3) is 5.94. The van der Waals surface area contributed by atoms with E-state index in [1.54, 1.807) is 0 Å². The highest BCUT2D eigenvalue weighted by Gasteiger charge is 2.24. The van der Waals surface area contributed by atoms with Gasteiger partial charge in [0, 0.05) is 26.2 Å². The van der Waals surface area contributed by atoms with Crippen LogP contribution >= 0.6 is 0 Å². The predicted molar refractivity (Wildman–Crippen MR) is 90.8 cm³/mol.